The van der Waals surface area contributed by atoms with E-state index in [0.717, 1.165) is 19.1 Å². The van der Waals surface area contributed by atoms with Crippen molar-refractivity contribution >= 4 is 23.6 Å². The molecule has 1 atom stereocenters. The first-order valence-corrected chi connectivity index (χ1v) is 13.1. The van der Waals surface area contributed by atoms with Gasteiger partial charge in [0.2, 0.25) is 0 Å². The summed E-state index contributed by atoms with van der Waals surface area (Å²) in [4.78, 5) is 10.4. The Morgan fingerprint density at radius 1 is 0.929 bits per heavy atom. The summed E-state index contributed by atoms with van der Waals surface area (Å²) in [6.45, 7) is 6.73. The van der Waals surface area contributed by atoms with Crippen LogP contribution in [-0.4, -0.2) is 85.9 Å². The van der Waals surface area contributed by atoms with Gasteiger partial charge in [0, 0.05) is 61.3 Å². The molecule has 0 aliphatic heterocycles. The van der Waals surface area contributed by atoms with E-state index in [0.29, 0.717) is 24.9 Å². The molecule has 0 saturated heterocycles. The summed E-state index contributed by atoms with van der Waals surface area (Å²) in [5.41, 5.74) is 4.91. The number of nitrogens with one attached hydrogen (secondary N) is 2. The Hall–Kier alpha value is -0.576. The third-order valence-corrected chi connectivity index (χ3v) is 10.1. The van der Waals surface area contributed by atoms with Crippen LogP contribution in [0, 0.1) is 5.92 Å². The second-order valence-corrected chi connectivity index (χ2v) is 12.2. The van der Waals surface area contributed by atoms with Crippen LogP contribution in [0.15, 0.2) is 0 Å². The topological polar surface area (TPSA) is 123 Å². The van der Waals surface area contributed by atoms with E-state index in [4.69, 9.17) is 32.3 Å². The zero-order valence-corrected chi connectivity index (χ0v) is 20.8. The second kappa shape index (κ2) is 17.3. The van der Waals surface area contributed by atoms with Gasteiger partial charge < -0.3 is 42.9 Å². The van der Waals surface area contributed by atoms with Gasteiger partial charge in [-0.25, -0.2) is 4.79 Å². The minimum Gasteiger partial charge on any atom is -0.377 e. The van der Waals surface area contributed by atoms with Crippen LogP contribution in [0.4, 0.5) is 4.79 Å². The van der Waals surface area contributed by atoms with Gasteiger partial charge in [-0.3, -0.25) is 0 Å². The van der Waals surface area contributed by atoms with Crippen LogP contribution in [0.1, 0.15) is 20.3 Å². The van der Waals surface area contributed by atoms with Gasteiger partial charge >= 0.3 is 23.6 Å². The van der Waals surface area contributed by atoms with Gasteiger partial charge in [-0.2, -0.15) is 0 Å². The Balaban J connectivity index is 0. The van der Waals surface area contributed by atoms with Crippen molar-refractivity contribution < 1.29 is 31.4 Å². The van der Waals surface area contributed by atoms with E-state index in [1.807, 2.05) is 0 Å². The molecule has 1 unspecified atom stereocenters. The molecule has 0 aliphatic rings. The summed E-state index contributed by atoms with van der Waals surface area (Å²) in [7, 11) is 4.77. The molecule has 170 valence electrons. The molecule has 0 aromatic carbocycles. The second-order valence-electron chi connectivity index (χ2n) is 6.10. The van der Waals surface area contributed by atoms with Gasteiger partial charge in [0.05, 0.1) is 0 Å². The Kier molecular flexibility index (Phi) is 18.3. The number of hydrogen-bond acceptors (Lipinski definition) is 8. The summed E-state index contributed by atoms with van der Waals surface area (Å²) < 4.78 is 31.6. The monoisotopic (exact) mass is 443 g/mol. The average molecular weight is 444 g/mol. The van der Waals surface area contributed by atoms with Gasteiger partial charge in [-0.1, -0.05) is 13.8 Å². The molecule has 10 nitrogen and oxygen atoms in total. The van der Waals surface area contributed by atoms with Gasteiger partial charge in [-0.15, -0.1) is 0 Å². The summed E-state index contributed by atoms with van der Waals surface area (Å²) in [5, 5.41) is 5.78. The summed E-state index contributed by atoms with van der Waals surface area (Å²) in [6, 6.07) is 0.977. The quantitative estimate of drug-likeness (QED) is 0.253. The fraction of sp³-hybridized carbons (Fsp3) is 0.938. The molecule has 0 saturated carbocycles. The van der Waals surface area contributed by atoms with Crippen molar-refractivity contribution in [3.05, 3.63) is 0 Å². The zero-order valence-electron chi connectivity index (χ0n) is 18.8. The number of nitrogens with two attached hydrogens (primary N) is 1. The van der Waals surface area contributed by atoms with Crippen LogP contribution in [-0.2, 0) is 26.6 Å². The average Bonchev–Trinajstić information content (AvgIpc) is 2.71. The molecular weight excluding hydrogens is 402 g/mol. The lowest BCUT2D eigenvalue weighted by molar-refractivity contribution is 0.118. The number of carbonyl (C=O) groups is 1. The molecule has 0 aromatic heterocycles. The highest BCUT2D eigenvalue weighted by atomic mass is 28.4. The van der Waals surface area contributed by atoms with Crippen LogP contribution in [0.3, 0.4) is 0 Å². The standard InChI is InChI=1S/C9H23NO3Si.C7H18N2O4Si/c1-6-10-7-9(2)8-14(11-3,12-4)13-5;1-11-14(12-2,13-3)6-4-5-9-7(8)10/h9-10H,6-8H2,1-5H3;4-6H2,1-3H3,(H3,8,9,10). The van der Waals surface area contributed by atoms with Crippen molar-refractivity contribution in [3.8, 4) is 0 Å². The van der Waals surface area contributed by atoms with Crippen molar-refractivity contribution in [2.24, 2.45) is 11.7 Å². The van der Waals surface area contributed by atoms with Crippen molar-refractivity contribution in [2.75, 3.05) is 62.3 Å². The normalized spacial score (nSPS) is 12.9. The highest BCUT2D eigenvalue weighted by Gasteiger charge is 2.39. The van der Waals surface area contributed by atoms with Crippen LogP contribution in [0.5, 0.6) is 0 Å². The lowest BCUT2D eigenvalue weighted by atomic mass is 10.2. The van der Waals surface area contributed by atoms with Crippen LogP contribution in [0.25, 0.3) is 0 Å². The lowest BCUT2D eigenvalue weighted by Gasteiger charge is -2.27. The van der Waals surface area contributed by atoms with Gasteiger partial charge in [0.1, 0.15) is 0 Å². The van der Waals surface area contributed by atoms with Crippen LogP contribution in [0.2, 0.25) is 12.1 Å². The SMILES string of the molecule is CCNCC(C)C[Si](OC)(OC)OC.CO[Si](CCCNC(N)=O)(OC)OC. The van der Waals surface area contributed by atoms with Crippen molar-refractivity contribution in [3.63, 3.8) is 0 Å². The largest absolute Gasteiger partial charge is 0.500 e. The fourth-order valence-electron chi connectivity index (χ4n) is 2.46. The van der Waals surface area contributed by atoms with E-state index < -0.39 is 23.6 Å². The third kappa shape index (κ3) is 12.8. The molecule has 0 rings (SSSR count). The minimum atomic E-state index is -2.48. The van der Waals surface area contributed by atoms with Gasteiger partial charge in [0.15, 0.2) is 0 Å². The van der Waals surface area contributed by atoms with Crippen molar-refractivity contribution in [1.82, 2.24) is 10.6 Å². The summed E-state index contributed by atoms with van der Waals surface area (Å²) in [5.74, 6) is 0.501. The number of rotatable bonds is 15. The maximum Gasteiger partial charge on any atom is 0.500 e. The maximum absolute atomic E-state index is 10.4. The van der Waals surface area contributed by atoms with Crippen molar-refractivity contribution in [1.29, 1.82) is 0 Å². The molecular formula is C16H41N3O7Si2. The number of hydrogen-bond donors (Lipinski definition) is 3. The van der Waals surface area contributed by atoms with Crippen LogP contribution >= 0.6 is 0 Å². The van der Waals surface area contributed by atoms with Gasteiger partial charge in [0.25, 0.3) is 0 Å². The van der Waals surface area contributed by atoms with E-state index >= 15 is 0 Å². The predicted molar refractivity (Wildman–Crippen MR) is 113 cm³/mol. The van der Waals surface area contributed by atoms with Crippen LogP contribution < -0.4 is 16.4 Å². The molecule has 0 fully saturated rings. The highest BCUT2D eigenvalue weighted by molar-refractivity contribution is 6.60. The molecule has 0 aliphatic carbocycles. The fourth-order valence-corrected chi connectivity index (χ4v) is 6.18. The molecule has 0 heterocycles. The Labute approximate surface area is 172 Å². The molecule has 0 aromatic rings. The van der Waals surface area contributed by atoms with E-state index in [1.54, 1.807) is 42.7 Å². The Bertz CT molecular complexity index is 371. The smallest absolute Gasteiger partial charge is 0.377 e. The summed E-state index contributed by atoms with van der Waals surface area (Å²) in [6.07, 6.45) is 0.713. The first-order chi connectivity index (χ1) is 13.2. The molecule has 0 bridgehead atoms. The number of carbonyl (C=O) groups excluding carboxylic acids is 1. The van der Waals surface area contributed by atoms with E-state index in [9.17, 15) is 4.79 Å². The summed E-state index contributed by atoms with van der Waals surface area (Å²) >= 11 is 0. The molecule has 12 heteroatoms. The number of primary amides is 1. The highest BCUT2D eigenvalue weighted by Crippen LogP contribution is 2.18. The molecule has 0 spiro atoms. The first-order valence-electron chi connectivity index (χ1n) is 9.29. The Morgan fingerprint density at radius 2 is 1.39 bits per heavy atom. The molecule has 4 N–H and O–H groups in total. The third-order valence-electron chi connectivity index (χ3n) is 4.17. The molecule has 28 heavy (non-hydrogen) atoms. The predicted octanol–water partition coefficient (Wildman–Crippen LogP) is 1.03. The maximum atomic E-state index is 10.4. The number of urea groups is 1. The minimum absolute atomic E-state index is 0.500. The Morgan fingerprint density at radius 3 is 1.75 bits per heavy atom. The van der Waals surface area contributed by atoms with E-state index in [-0.39, 0.29) is 0 Å². The molecule has 2 amide bonds. The molecule has 0 radical (unpaired) electrons. The van der Waals surface area contributed by atoms with Crippen molar-refractivity contribution in [2.45, 2.75) is 32.4 Å². The zero-order chi connectivity index (χ0) is 22.1. The number of amides is 2. The van der Waals surface area contributed by atoms with E-state index in [2.05, 4.69) is 24.5 Å². The lowest BCUT2D eigenvalue weighted by Crippen LogP contribution is -2.45. The van der Waals surface area contributed by atoms with E-state index in [1.165, 1.54) is 0 Å². The first kappa shape index (κ1) is 29.6. The van der Waals surface area contributed by atoms with Gasteiger partial charge in [-0.05, 0) is 25.4 Å².